The number of rotatable bonds is 1. The molecule has 1 aromatic heterocycles. The molecule has 78 valence electrons. The minimum atomic E-state index is -0.833. The van der Waals surface area contributed by atoms with Crippen molar-refractivity contribution in [2.24, 2.45) is 5.73 Å². The van der Waals surface area contributed by atoms with E-state index in [0.717, 1.165) is 12.6 Å². The van der Waals surface area contributed by atoms with Gasteiger partial charge in [0.05, 0.1) is 5.69 Å². The van der Waals surface area contributed by atoms with Crippen LogP contribution in [0.2, 0.25) is 0 Å². The lowest BCUT2D eigenvalue weighted by Crippen LogP contribution is -2.06. The van der Waals surface area contributed by atoms with Crippen LogP contribution in [-0.4, -0.2) is 16.1 Å². The second-order valence-electron chi connectivity index (χ2n) is 3.07. The number of pyridine rings is 1. The van der Waals surface area contributed by atoms with Crippen LogP contribution in [0.15, 0.2) is 18.3 Å². The van der Waals surface area contributed by atoms with E-state index in [1.54, 1.807) is 6.20 Å². The lowest BCUT2D eigenvalue weighted by Gasteiger charge is -2.03. The van der Waals surface area contributed by atoms with E-state index in [1.165, 1.54) is 5.56 Å². The predicted molar refractivity (Wildman–Crippen MR) is 54.9 cm³/mol. The number of aryl methyl sites for hydroxylation is 1. The topological polar surface area (TPSA) is 76.2 Å². The molecule has 1 unspecified atom stereocenters. The van der Waals surface area contributed by atoms with Gasteiger partial charge in [0, 0.05) is 19.2 Å². The number of nitrogens with zero attached hydrogens (tertiary/aromatic N) is 1. The van der Waals surface area contributed by atoms with Crippen LogP contribution in [0.3, 0.4) is 0 Å². The summed E-state index contributed by atoms with van der Waals surface area (Å²) in [5, 5.41) is 7.42. The molecular weight excluding hydrogens is 180 g/mol. The molecule has 1 heterocycles. The van der Waals surface area contributed by atoms with Gasteiger partial charge in [0.2, 0.25) is 0 Å². The summed E-state index contributed by atoms with van der Waals surface area (Å²) in [6, 6.07) is 4.01. The zero-order valence-electron chi connectivity index (χ0n) is 8.69. The van der Waals surface area contributed by atoms with E-state index in [2.05, 4.69) is 4.98 Å². The molecule has 3 N–H and O–H groups in total. The van der Waals surface area contributed by atoms with Crippen molar-refractivity contribution in [1.82, 2.24) is 4.98 Å². The Bertz CT molecular complexity index is 294. The van der Waals surface area contributed by atoms with Crippen LogP contribution in [0.25, 0.3) is 0 Å². The summed E-state index contributed by atoms with van der Waals surface area (Å²) in [6.07, 6.45) is 1.79. The van der Waals surface area contributed by atoms with Gasteiger partial charge in [0.15, 0.2) is 0 Å². The first kappa shape index (κ1) is 12.6. The van der Waals surface area contributed by atoms with Crippen LogP contribution in [0.1, 0.15) is 31.1 Å². The first-order valence-corrected chi connectivity index (χ1v) is 4.31. The monoisotopic (exact) mass is 196 g/mol. The van der Waals surface area contributed by atoms with Crippen molar-refractivity contribution in [2.45, 2.75) is 26.8 Å². The van der Waals surface area contributed by atoms with Crippen LogP contribution in [-0.2, 0) is 4.79 Å². The molecule has 14 heavy (non-hydrogen) atoms. The Morgan fingerprint density at radius 2 is 2.14 bits per heavy atom. The van der Waals surface area contributed by atoms with Gasteiger partial charge >= 0.3 is 0 Å². The van der Waals surface area contributed by atoms with Gasteiger partial charge in [0.1, 0.15) is 0 Å². The molecule has 0 bridgehead atoms. The third kappa shape index (κ3) is 6.14. The molecule has 0 aliphatic carbocycles. The quantitative estimate of drug-likeness (QED) is 0.713. The highest BCUT2D eigenvalue weighted by Gasteiger charge is 1.98. The van der Waals surface area contributed by atoms with Crippen LogP contribution in [0.5, 0.6) is 0 Å². The first-order chi connectivity index (χ1) is 6.43. The van der Waals surface area contributed by atoms with Crippen LogP contribution < -0.4 is 5.73 Å². The van der Waals surface area contributed by atoms with Crippen molar-refractivity contribution in [3.05, 3.63) is 29.6 Å². The van der Waals surface area contributed by atoms with Gasteiger partial charge in [-0.3, -0.25) is 9.78 Å². The van der Waals surface area contributed by atoms with Gasteiger partial charge in [-0.15, -0.1) is 0 Å². The molecule has 0 spiro atoms. The fourth-order valence-corrected chi connectivity index (χ4v) is 0.809. The van der Waals surface area contributed by atoms with E-state index in [9.17, 15) is 0 Å². The Morgan fingerprint density at radius 3 is 2.43 bits per heavy atom. The normalized spacial score (nSPS) is 11.1. The Hall–Kier alpha value is -1.42. The third-order valence-electron chi connectivity index (χ3n) is 1.40. The summed E-state index contributed by atoms with van der Waals surface area (Å²) in [4.78, 5) is 13.1. The number of hydrogen-bond acceptors (Lipinski definition) is 3. The standard InChI is InChI=1S/C8H12N2.C2H4O2/c1-6-3-4-10-8(5-6)7(2)9;1-2(3)4/h3-5,7H,9H2,1-2H3;1H3,(H,3,4). The van der Waals surface area contributed by atoms with E-state index in [0.29, 0.717) is 0 Å². The summed E-state index contributed by atoms with van der Waals surface area (Å²) >= 11 is 0. The van der Waals surface area contributed by atoms with E-state index < -0.39 is 5.97 Å². The summed E-state index contributed by atoms with van der Waals surface area (Å²) in [5.41, 5.74) is 7.79. The minimum absolute atomic E-state index is 0.0416. The number of carboxylic acids is 1. The molecule has 0 saturated carbocycles. The minimum Gasteiger partial charge on any atom is -0.481 e. The van der Waals surface area contributed by atoms with E-state index in [4.69, 9.17) is 15.6 Å². The number of aliphatic carboxylic acids is 1. The predicted octanol–water partition coefficient (Wildman–Crippen LogP) is 1.50. The van der Waals surface area contributed by atoms with Gasteiger partial charge in [-0.25, -0.2) is 0 Å². The highest BCUT2D eigenvalue weighted by Crippen LogP contribution is 2.06. The lowest BCUT2D eigenvalue weighted by molar-refractivity contribution is -0.134. The molecule has 0 fully saturated rings. The summed E-state index contributed by atoms with van der Waals surface area (Å²) < 4.78 is 0. The molecule has 1 rings (SSSR count). The van der Waals surface area contributed by atoms with Crippen molar-refractivity contribution in [1.29, 1.82) is 0 Å². The van der Waals surface area contributed by atoms with Crippen molar-refractivity contribution < 1.29 is 9.90 Å². The van der Waals surface area contributed by atoms with Crippen molar-refractivity contribution in [2.75, 3.05) is 0 Å². The highest BCUT2D eigenvalue weighted by atomic mass is 16.4. The molecule has 4 nitrogen and oxygen atoms in total. The summed E-state index contributed by atoms with van der Waals surface area (Å²) in [5.74, 6) is -0.833. The molecule has 0 radical (unpaired) electrons. The largest absolute Gasteiger partial charge is 0.481 e. The third-order valence-corrected chi connectivity index (χ3v) is 1.40. The molecule has 1 aromatic rings. The zero-order valence-corrected chi connectivity index (χ0v) is 8.69. The fraction of sp³-hybridized carbons (Fsp3) is 0.400. The number of hydrogen-bond donors (Lipinski definition) is 2. The summed E-state index contributed by atoms with van der Waals surface area (Å²) in [7, 11) is 0. The molecule has 1 atom stereocenters. The van der Waals surface area contributed by atoms with Crippen molar-refractivity contribution >= 4 is 5.97 Å². The maximum Gasteiger partial charge on any atom is 0.300 e. The van der Waals surface area contributed by atoms with E-state index >= 15 is 0 Å². The lowest BCUT2D eigenvalue weighted by atomic mass is 10.2. The number of carbonyl (C=O) groups is 1. The second-order valence-corrected chi connectivity index (χ2v) is 3.07. The van der Waals surface area contributed by atoms with Gasteiger partial charge in [0.25, 0.3) is 5.97 Å². The van der Waals surface area contributed by atoms with Crippen LogP contribution >= 0.6 is 0 Å². The highest BCUT2D eigenvalue weighted by molar-refractivity contribution is 5.62. The Kier molecular flexibility index (Phi) is 5.48. The van der Waals surface area contributed by atoms with Crippen LogP contribution in [0.4, 0.5) is 0 Å². The molecule has 4 heteroatoms. The summed E-state index contributed by atoms with van der Waals surface area (Å²) in [6.45, 7) is 5.05. The fourth-order valence-electron chi connectivity index (χ4n) is 0.809. The van der Waals surface area contributed by atoms with E-state index in [-0.39, 0.29) is 6.04 Å². The Morgan fingerprint density at radius 1 is 1.64 bits per heavy atom. The molecule has 0 aliphatic rings. The maximum absolute atomic E-state index is 9.00. The maximum atomic E-state index is 9.00. The first-order valence-electron chi connectivity index (χ1n) is 4.31. The van der Waals surface area contributed by atoms with Gasteiger partial charge in [-0.05, 0) is 31.5 Å². The number of aromatic nitrogens is 1. The molecule has 0 aromatic carbocycles. The Balaban J connectivity index is 0.000000364. The average Bonchev–Trinajstić information content (AvgIpc) is 2.03. The Labute approximate surface area is 83.8 Å². The number of nitrogens with two attached hydrogens (primary N) is 1. The molecule has 0 aliphatic heterocycles. The van der Waals surface area contributed by atoms with Crippen LogP contribution in [0, 0.1) is 6.92 Å². The average molecular weight is 196 g/mol. The zero-order chi connectivity index (χ0) is 11.1. The van der Waals surface area contributed by atoms with Gasteiger partial charge < -0.3 is 10.8 Å². The molecular formula is C10H16N2O2. The smallest absolute Gasteiger partial charge is 0.300 e. The second kappa shape index (κ2) is 6.10. The van der Waals surface area contributed by atoms with Gasteiger partial charge in [-0.2, -0.15) is 0 Å². The molecule has 0 amide bonds. The number of carboxylic acid groups (broad SMARTS) is 1. The van der Waals surface area contributed by atoms with Crippen molar-refractivity contribution in [3.63, 3.8) is 0 Å². The van der Waals surface area contributed by atoms with Gasteiger partial charge in [-0.1, -0.05) is 0 Å². The SMILES string of the molecule is CC(=O)O.Cc1ccnc(C(C)N)c1. The van der Waals surface area contributed by atoms with E-state index in [1.807, 2.05) is 26.0 Å². The van der Waals surface area contributed by atoms with Crippen molar-refractivity contribution in [3.8, 4) is 0 Å². The molecule has 0 saturated heterocycles.